The van der Waals surface area contributed by atoms with Gasteiger partial charge >= 0.3 is 6.01 Å². The SMILES string of the molecule is C#Cc1c(F)ccc2cc(O)cc(-c3nc4c5c(nc(OCC67CCCN6C[C@H](F)C7)nc5c3F)N3CC=CCC[C@H]3CO4)c12. The molecule has 0 aliphatic carbocycles. The van der Waals surface area contributed by atoms with Gasteiger partial charge in [0.25, 0.3) is 0 Å². The average molecular weight is 614 g/mol. The first kappa shape index (κ1) is 28.0. The number of hydrogen-bond donors (Lipinski definition) is 1. The van der Waals surface area contributed by atoms with E-state index in [-0.39, 0.29) is 64.6 Å². The van der Waals surface area contributed by atoms with E-state index in [4.69, 9.17) is 20.9 Å². The molecular formula is C34H30F3N5O3. The number of benzene rings is 2. The third-order valence-electron chi connectivity index (χ3n) is 9.66. The smallest absolute Gasteiger partial charge is 0.319 e. The van der Waals surface area contributed by atoms with Crippen LogP contribution in [-0.4, -0.2) is 75.6 Å². The summed E-state index contributed by atoms with van der Waals surface area (Å²) in [4.78, 5) is 18.2. The lowest BCUT2D eigenvalue weighted by molar-refractivity contribution is 0.107. The van der Waals surface area contributed by atoms with Crippen molar-refractivity contribution in [3.63, 3.8) is 0 Å². The highest BCUT2D eigenvalue weighted by Gasteiger charge is 2.49. The maximum atomic E-state index is 16.9. The van der Waals surface area contributed by atoms with Gasteiger partial charge in [0.05, 0.1) is 17.1 Å². The summed E-state index contributed by atoms with van der Waals surface area (Å²) in [5.41, 5.74) is -0.724. The maximum absolute atomic E-state index is 16.9. The van der Waals surface area contributed by atoms with Gasteiger partial charge in [-0.3, -0.25) is 4.90 Å². The Morgan fingerprint density at radius 1 is 1.16 bits per heavy atom. The third kappa shape index (κ3) is 4.45. The molecule has 4 aromatic rings. The van der Waals surface area contributed by atoms with Crippen LogP contribution in [0.4, 0.5) is 19.0 Å². The van der Waals surface area contributed by atoms with Gasteiger partial charge in [0, 0.05) is 30.5 Å². The molecule has 1 unspecified atom stereocenters. The van der Waals surface area contributed by atoms with Crippen molar-refractivity contribution in [1.29, 1.82) is 0 Å². The van der Waals surface area contributed by atoms with Crippen molar-refractivity contribution in [3.05, 3.63) is 53.6 Å². The highest BCUT2D eigenvalue weighted by Crippen LogP contribution is 2.44. The Bertz CT molecular complexity index is 1950. The summed E-state index contributed by atoms with van der Waals surface area (Å²) in [7, 11) is 0. The Morgan fingerprint density at radius 3 is 2.91 bits per heavy atom. The summed E-state index contributed by atoms with van der Waals surface area (Å²) < 4.78 is 58.8. The number of rotatable bonds is 4. The lowest BCUT2D eigenvalue weighted by Crippen LogP contribution is -2.43. The van der Waals surface area contributed by atoms with Crippen molar-refractivity contribution in [2.75, 3.05) is 37.7 Å². The summed E-state index contributed by atoms with van der Waals surface area (Å²) in [5, 5.41) is 11.5. The van der Waals surface area contributed by atoms with Gasteiger partial charge in [-0.2, -0.15) is 9.97 Å². The molecule has 8 nitrogen and oxygen atoms in total. The zero-order valence-electron chi connectivity index (χ0n) is 24.4. The van der Waals surface area contributed by atoms with Crippen LogP contribution in [0.3, 0.4) is 0 Å². The van der Waals surface area contributed by atoms with E-state index in [1.807, 2.05) is 6.08 Å². The standard InChI is InChI=1S/C34H30F3N5O3/c1-2-23-25(36)9-8-19-13-22(43)14-24(26(19)23)29-28(37)30-27-31(42-12-5-3-4-7-21(42)17-44-32(27)38-29)40-33(39-30)45-18-34-10-6-11-41(34)16-20(35)15-34/h1,3,5,8-9,13-14,20-21,43H,4,6-7,10-12,15-18H2/t20-,21+,34?/m1/s1. The van der Waals surface area contributed by atoms with Crippen LogP contribution in [-0.2, 0) is 0 Å². The van der Waals surface area contributed by atoms with E-state index in [0.29, 0.717) is 36.1 Å². The highest BCUT2D eigenvalue weighted by molar-refractivity contribution is 6.04. The molecule has 0 radical (unpaired) electrons. The van der Waals surface area contributed by atoms with Crippen LogP contribution < -0.4 is 14.4 Å². The number of alkyl halides is 1. The van der Waals surface area contributed by atoms with E-state index in [1.165, 1.54) is 24.3 Å². The molecule has 3 atom stereocenters. The normalized spacial score (nSPS) is 24.2. The van der Waals surface area contributed by atoms with Crippen molar-refractivity contribution in [1.82, 2.24) is 19.9 Å². The highest BCUT2D eigenvalue weighted by atomic mass is 19.1. The number of nitrogens with zero attached hydrogens (tertiary/aromatic N) is 5. The molecule has 0 saturated carbocycles. The largest absolute Gasteiger partial charge is 0.508 e. The first-order valence-corrected chi connectivity index (χ1v) is 15.2. The average Bonchev–Trinajstić information content (AvgIpc) is 3.38. The minimum Gasteiger partial charge on any atom is -0.508 e. The minimum atomic E-state index is -0.929. The lowest BCUT2D eigenvalue weighted by Gasteiger charge is -2.31. The molecular weight excluding hydrogens is 583 g/mol. The fourth-order valence-corrected chi connectivity index (χ4v) is 7.57. The fraction of sp³-hybridized carbons (Fsp3) is 0.382. The number of phenols is 1. The number of anilines is 1. The van der Waals surface area contributed by atoms with E-state index >= 15 is 4.39 Å². The maximum Gasteiger partial charge on any atom is 0.319 e. The van der Waals surface area contributed by atoms with Crippen molar-refractivity contribution in [3.8, 4) is 41.2 Å². The van der Waals surface area contributed by atoms with Crippen molar-refractivity contribution >= 4 is 27.5 Å². The zero-order valence-corrected chi connectivity index (χ0v) is 24.4. The molecule has 8 rings (SSSR count). The molecule has 4 aliphatic rings. The van der Waals surface area contributed by atoms with E-state index < -0.39 is 23.3 Å². The zero-order chi connectivity index (χ0) is 30.9. The van der Waals surface area contributed by atoms with E-state index in [1.54, 1.807) is 0 Å². The molecule has 2 aromatic heterocycles. The Morgan fingerprint density at radius 2 is 2.04 bits per heavy atom. The molecule has 4 aliphatic heterocycles. The Balaban J connectivity index is 1.34. The summed E-state index contributed by atoms with van der Waals surface area (Å²) >= 11 is 0. The number of aromatic nitrogens is 3. The molecule has 230 valence electrons. The van der Waals surface area contributed by atoms with Crippen LogP contribution >= 0.6 is 0 Å². The molecule has 45 heavy (non-hydrogen) atoms. The van der Waals surface area contributed by atoms with Crippen LogP contribution in [0.15, 0.2) is 36.4 Å². The second-order valence-electron chi connectivity index (χ2n) is 12.3. The molecule has 2 fully saturated rings. The second-order valence-corrected chi connectivity index (χ2v) is 12.3. The predicted octanol–water partition coefficient (Wildman–Crippen LogP) is 5.68. The van der Waals surface area contributed by atoms with E-state index in [9.17, 15) is 13.9 Å². The van der Waals surface area contributed by atoms with Gasteiger partial charge in [-0.25, -0.2) is 18.2 Å². The third-order valence-corrected chi connectivity index (χ3v) is 9.66. The number of terminal acetylenes is 1. The number of pyridine rings is 1. The number of fused-ring (bicyclic) bond motifs is 4. The number of halogens is 3. The Hall–Kier alpha value is -4.56. The first-order valence-electron chi connectivity index (χ1n) is 15.2. The minimum absolute atomic E-state index is 0.0342. The molecule has 1 N–H and O–H groups in total. The topological polar surface area (TPSA) is 83.8 Å². The first-order chi connectivity index (χ1) is 21.8. The Kier molecular flexibility index (Phi) is 6.53. The van der Waals surface area contributed by atoms with Crippen molar-refractivity contribution in [2.45, 2.75) is 49.9 Å². The molecule has 2 saturated heterocycles. The van der Waals surface area contributed by atoms with Gasteiger partial charge in [0.15, 0.2) is 5.82 Å². The van der Waals surface area contributed by atoms with Crippen molar-refractivity contribution in [2.24, 2.45) is 0 Å². The summed E-state index contributed by atoms with van der Waals surface area (Å²) in [5.74, 6) is 1.27. The molecule has 0 spiro atoms. The number of phenolic OH excluding ortho intramolecular Hbond substituents is 1. The van der Waals surface area contributed by atoms with Crippen LogP contribution in [0.1, 0.15) is 37.7 Å². The molecule has 2 aromatic carbocycles. The number of ether oxygens (including phenoxy) is 2. The van der Waals surface area contributed by atoms with Gasteiger partial charge in [-0.15, -0.1) is 6.42 Å². The lowest BCUT2D eigenvalue weighted by atomic mass is 9.95. The van der Waals surface area contributed by atoms with E-state index in [0.717, 1.165) is 32.2 Å². The number of allylic oxidation sites excluding steroid dienone is 1. The van der Waals surface area contributed by atoms with Gasteiger partial charge in [0.2, 0.25) is 5.88 Å². The van der Waals surface area contributed by atoms with Crippen LogP contribution in [0.25, 0.3) is 32.9 Å². The number of hydrogen-bond acceptors (Lipinski definition) is 8. The summed E-state index contributed by atoms with van der Waals surface area (Å²) in [6.45, 7) is 2.13. The summed E-state index contributed by atoms with van der Waals surface area (Å²) in [6, 6.07) is 5.30. The van der Waals surface area contributed by atoms with Crippen LogP contribution in [0.2, 0.25) is 0 Å². The number of aromatic hydroxyl groups is 1. The second kappa shape index (κ2) is 10.5. The van der Waals surface area contributed by atoms with Gasteiger partial charge in [-0.05, 0) is 55.8 Å². The van der Waals surface area contributed by atoms with Gasteiger partial charge in [0.1, 0.15) is 53.4 Å². The van der Waals surface area contributed by atoms with Gasteiger partial charge < -0.3 is 19.5 Å². The molecule has 0 bridgehead atoms. The van der Waals surface area contributed by atoms with Crippen LogP contribution in [0.5, 0.6) is 17.6 Å². The molecule has 6 heterocycles. The molecule has 0 amide bonds. The monoisotopic (exact) mass is 613 g/mol. The van der Waals surface area contributed by atoms with Gasteiger partial charge in [-0.1, -0.05) is 24.1 Å². The summed E-state index contributed by atoms with van der Waals surface area (Å²) in [6.07, 6.45) is 12.6. The fourth-order valence-electron chi connectivity index (χ4n) is 7.57. The predicted molar refractivity (Wildman–Crippen MR) is 163 cm³/mol. The molecule has 11 heteroatoms. The Labute approximate surface area is 257 Å². The van der Waals surface area contributed by atoms with Crippen molar-refractivity contribution < 1.29 is 27.8 Å². The van der Waals surface area contributed by atoms with E-state index in [2.05, 4.69) is 31.8 Å². The van der Waals surface area contributed by atoms with Crippen LogP contribution in [0, 0.1) is 24.0 Å². The quantitative estimate of drug-likeness (QED) is 0.233.